The van der Waals surface area contributed by atoms with Crippen molar-refractivity contribution in [1.82, 2.24) is 10.2 Å². The van der Waals surface area contributed by atoms with E-state index in [1.54, 1.807) is 0 Å². The van der Waals surface area contributed by atoms with Gasteiger partial charge in [-0.2, -0.15) is 0 Å². The quantitative estimate of drug-likeness (QED) is 0.896. The second kappa shape index (κ2) is 5.93. The zero-order valence-electron chi connectivity index (χ0n) is 12.0. The highest BCUT2D eigenvalue weighted by Gasteiger charge is 2.17. The van der Waals surface area contributed by atoms with Crippen LogP contribution in [0.1, 0.15) is 24.0 Å². The predicted octanol–water partition coefficient (Wildman–Crippen LogP) is 2.00. The molecule has 0 bridgehead atoms. The van der Waals surface area contributed by atoms with E-state index in [9.17, 15) is 0 Å². The summed E-state index contributed by atoms with van der Waals surface area (Å²) in [7, 11) is 0. The molecule has 1 aromatic carbocycles. The maximum Gasteiger partial charge on any atom is 0.0412 e. The predicted molar refractivity (Wildman–Crippen MR) is 80.8 cm³/mol. The third kappa shape index (κ3) is 3.10. The number of aryl methyl sites for hydroxylation is 1. The lowest BCUT2D eigenvalue weighted by molar-refractivity contribution is 0.345. The van der Waals surface area contributed by atoms with Crippen LogP contribution in [0, 0.1) is 6.92 Å². The first kappa shape index (κ1) is 12.9. The van der Waals surface area contributed by atoms with E-state index in [0.29, 0.717) is 0 Å². The minimum absolute atomic E-state index is 1.01. The summed E-state index contributed by atoms with van der Waals surface area (Å²) < 4.78 is 0. The third-order valence-corrected chi connectivity index (χ3v) is 4.33. The van der Waals surface area contributed by atoms with Crippen molar-refractivity contribution in [3.8, 4) is 0 Å². The van der Waals surface area contributed by atoms with E-state index >= 15 is 0 Å². The number of hydrogen-bond donors (Lipinski definition) is 1. The van der Waals surface area contributed by atoms with Gasteiger partial charge in [0.05, 0.1) is 0 Å². The summed E-state index contributed by atoms with van der Waals surface area (Å²) >= 11 is 0. The van der Waals surface area contributed by atoms with Crippen LogP contribution in [0.5, 0.6) is 0 Å². The number of nitrogens with zero attached hydrogens (tertiary/aromatic N) is 2. The molecule has 2 heterocycles. The highest BCUT2D eigenvalue weighted by Crippen LogP contribution is 2.23. The number of hydrogen-bond acceptors (Lipinski definition) is 3. The van der Waals surface area contributed by atoms with Crippen LogP contribution in [-0.2, 0) is 6.54 Å². The Hall–Kier alpha value is -1.06. The molecule has 0 amide bonds. The van der Waals surface area contributed by atoms with Crippen molar-refractivity contribution in [2.45, 2.75) is 26.3 Å². The number of rotatable bonds is 3. The second-order valence-electron chi connectivity index (χ2n) is 5.84. The van der Waals surface area contributed by atoms with Gasteiger partial charge in [-0.1, -0.05) is 17.7 Å². The maximum absolute atomic E-state index is 3.53. The number of fused-ring (bicyclic) bond motifs is 1. The van der Waals surface area contributed by atoms with Crippen LogP contribution in [0.15, 0.2) is 18.2 Å². The van der Waals surface area contributed by atoms with E-state index < -0.39 is 0 Å². The highest BCUT2D eigenvalue weighted by molar-refractivity contribution is 5.55. The molecule has 3 rings (SSSR count). The number of benzene rings is 1. The molecule has 2 aliphatic rings. The minimum Gasteiger partial charge on any atom is -0.369 e. The van der Waals surface area contributed by atoms with E-state index in [2.05, 4.69) is 40.2 Å². The van der Waals surface area contributed by atoms with Crippen molar-refractivity contribution in [2.75, 3.05) is 44.2 Å². The molecule has 0 spiro atoms. The summed E-state index contributed by atoms with van der Waals surface area (Å²) in [5.41, 5.74) is 4.26. The molecule has 1 fully saturated rings. The van der Waals surface area contributed by atoms with Crippen LogP contribution in [0.2, 0.25) is 0 Å². The Kier molecular flexibility index (Phi) is 4.04. The number of anilines is 1. The average Bonchev–Trinajstić information content (AvgIpc) is 2.84. The fourth-order valence-corrected chi connectivity index (χ4v) is 3.22. The zero-order chi connectivity index (χ0) is 13.1. The van der Waals surface area contributed by atoms with Gasteiger partial charge in [-0.3, -0.25) is 0 Å². The van der Waals surface area contributed by atoms with E-state index in [0.717, 1.165) is 26.2 Å². The first-order chi connectivity index (χ1) is 9.33. The molecule has 1 aromatic rings. The monoisotopic (exact) mass is 259 g/mol. The molecule has 19 heavy (non-hydrogen) atoms. The molecule has 0 aromatic heterocycles. The highest BCUT2D eigenvalue weighted by atomic mass is 15.2. The van der Waals surface area contributed by atoms with Gasteiger partial charge in [0.1, 0.15) is 0 Å². The molecule has 104 valence electrons. The van der Waals surface area contributed by atoms with Crippen LogP contribution < -0.4 is 10.2 Å². The van der Waals surface area contributed by atoms with Crippen LogP contribution in [0.4, 0.5) is 5.69 Å². The fourth-order valence-electron chi connectivity index (χ4n) is 3.22. The van der Waals surface area contributed by atoms with Crippen molar-refractivity contribution < 1.29 is 0 Å². The molecule has 0 atom stereocenters. The van der Waals surface area contributed by atoms with Crippen molar-refractivity contribution in [2.24, 2.45) is 0 Å². The zero-order valence-corrected chi connectivity index (χ0v) is 12.0. The molecule has 1 N–H and O–H groups in total. The summed E-state index contributed by atoms with van der Waals surface area (Å²) in [6.07, 6.45) is 2.77. The van der Waals surface area contributed by atoms with Crippen LogP contribution in [0.3, 0.4) is 0 Å². The largest absolute Gasteiger partial charge is 0.369 e. The van der Waals surface area contributed by atoms with Gasteiger partial charge in [-0.25, -0.2) is 0 Å². The van der Waals surface area contributed by atoms with E-state index in [-0.39, 0.29) is 0 Å². The lowest BCUT2D eigenvalue weighted by atomic mass is 10.1. The smallest absolute Gasteiger partial charge is 0.0412 e. The van der Waals surface area contributed by atoms with E-state index in [1.807, 2.05) is 0 Å². The van der Waals surface area contributed by atoms with Crippen molar-refractivity contribution >= 4 is 5.69 Å². The van der Waals surface area contributed by atoms with Gasteiger partial charge >= 0.3 is 0 Å². The van der Waals surface area contributed by atoms with E-state index in [1.165, 1.54) is 49.3 Å². The summed E-state index contributed by atoms with van der Waals surface area (Å²) in [4.78, 5) is 5.17. The Morgan fingerprint density at radius 1 is 1.11 bits per heavy atom. The van der Waals surface area contributed by atoms with Crippen molar-refractivity contribution in [3.05, 3.63) is 29.3 Å². The molecular formula is C16H25N3. The first-order valence-electron chi connectivity index (χ1n) is 7.60. The topological polar surface area (TPSA) is 18.5 Å². The average molecular weight is 259 g/mol. The maximum atomic E-state index is 3.53. The Labute approximate surface area is 116 Å². The third-order valence-electron chi connectivity index (χ3n) is 4.33. The lowest BCUT2D eigenvalue weighted by Gasteiger charge is -2.27. The molecule has 3 nitrogen and oxygen atoms in total. The second-order valence-corrected chi connectivity index (χ2v) is 5.84. The van der Waals surface area contributed by atoms with Gasteiger partial charge in [0.2, 0.25) is 0 Å². The van der Waals surface area contributed by atoms with Crippen LogP contribution >= 0.6 is 0 Å². The molecule has 0 aliphatic carbocycles. The number of nitrogens with one attached hydrogen (secondary N) is 1. The molecule has 0 unspecified atom stereocenters. The van der Waals surface area contributed by atoms with Gasteiger partial charge in [-0.05, 0) is 44.5 Å². The summed E-state index contributed by atoms with van der Waals surface area (Å²) in [5.74, 6) is 0. The fraction of sp³-hybridized carbons (Fsp3) is 0.625. The normalized spacial score (nSPS) is 20.4. The summed E-state index contributed by atoms with van der Waals surface area (Å²) in [5, 5.41) is 3.53. The first-order valence-corrected chi connectivity index (χ1v) is 7.60. The minimum atomic E-state index is 1.01. The summed E-state index contributed by atoms with van der Waals surface area (Å²) in [6, 6.07) is 6.88. The Balaban J connectivity index is 1.70. The van der Waals surface area contributed by atoms with Gasteiger partial charge in [0, 0.05) is 38.4 Å². The standard InChI is InChI=1S/C16H25N3/c1-14-4-5-16-15(12-14)13-17-6-9-19(16)11-10-18-7-2-3-8-18/h4-5,12,17H,2-3,6-11,13H2,1H3. The van der Waals surface area contributed by atoms with Gasteiger partial charge in [0.25, 0.3) is 0 Å². The number of likely N-dealkylation sites (tertiary alicyclic amines) is 1. The Morgan fingerprint density at radius 3 is 2.79 bits per heavy atom. The molecule has 1 saturated heterocycles. The van der Waals surface area contributed by atoms with Crippen LogP contribution in [-0.4, -0.2) is 44.2 Å². The van der Waals surface area contributed by atoms with Gasteiger partial charge < -0.3 is 15.1 Å². The SMILES string of the molecule is Cc1ccc2c(c1)CNCCN2CCN1CCCC1. The van der Waals surface area contributed by atoms with Crippen molar-refractivity contribution in [3.63, 3.8) is 0 Å². The Bertz CT molecular complexity index is 424. The summed E-state index contributed by atoms with van der Waals surface area (Å²) in [6.45, 7) is 10.4. The Morgan fingerprint density at radius 2 is 1.95 bits per heavy atom. The van der Waals surface area contributed by atoms with Gasteiger partial charge in [-0.15, -0.1) is 0 Å². The van der Waals surface area contributed by atoms with Crippen LogP contribution in [0.25, 0.3) is 0 Å². The molecule has 0 saturated carbocycles. The van der Waals surface area contributed by atoms with Gasteiger partial charge in [0.15, 0.2) is 0 Å². The van der Waals surface area contributed by atoms with E-state index in [4.69, 9.17) is 0 Å². The molecule has 0 radical (unpaired) electrons. The lowest BCUT2D eigenvalue weighted by Crippen LogP contribution is -2.36. The van der Waals surface area contributed by atoms with Crippen molar-refractivity contribution in [1.29, 1.82) is 0 Å². The molecular weight excluding hydrogens is 234 g/mol. The molecule has 2 aliphatic heterocycles. The molecule has 3 heteroatoms.